The lowest BCUT2D eigenvalue weighted by molar-refractivity contribution is 0.184. The molecule has 18 heavy (non-hydrogen) atoms. The first kappa shape index (κ1) is 13.6. The van der Waals surface area contributed by atoms with Crippen LogP contribution in [-0.2, 0) is 5.41 Å². The predicted molar refractivity (Wildman–Crippen MR) is 75.7 cm³/mol. The van der Waals surface area contributed by atoms with Gasteiger partial charge in [-0.05, 0) is 35.3 Å². The Balaban J connectivity index is 2.02. The molecule has 1 aliphatic rings. The summed E-state index contributed by atoms with van der Waals surface area (Å²) in [7, 11) is 0. The van der Waals surface area contributed by atoms with Crippen molar-refractivity contribution in [2.75, 3.05) is 13.2 Å². The maximum Gasteiger partial charge on any atom is 0.0471 e. The summed E-state index contributed by atoms with van der Waals surface area (Å²) in [5.74, 6) is 0.440. The fraction of sp³-hybridized carbons (Fsp3) is 0.625. The minimum atomic E-state index is 0.223. The summed E-state index contributed by atoms with van der Waals surface area (Å²) in [5, 5.41) is 12.7. The first-order valence-corrected chi connectivity index (χ1v) is 6.95. The average Bonchev–Trinajstić information content (AvgIpc) is 2.38. The monoisotopic (exact) mass is 247 g/mol. The van der Waals surface area contributed by atoms with Crippen LogP contribution in [0.4, 0.5) is 0 Å². The van der Waals surface area contributed by atoms with E-state index >= 15 is 0 Å². The van der Waals surface area contributed by atoms with Crippen molar-refractivity contribution in [1.82, 2.24) is 5.32 Å². The molecule has 2 heteroatoms. The van der Waals surface area contributed by atoms with Crippen molar-refractivity contribution in [3.05, 3.63) is 35.4 Å². The molecule has 0 amide bonds. The normalized spacial score (nSPS) is 25.1. The number of piperidine rings is 1. The molecule has 2 N–H and O–H groups in total. The summed E-state index contributed by atoms with van der Waals surface area (Å²) < 4.78 is 0. The third-order valence-electron chi connectivity index (χ3n) is 3.95. The van der Waals surface area contributed by atoms with Crippen molar-refractivity contribution in [2.45, 2.75) is 45.1 Å². The number of benzene rings is 1. The van der Waals surface area contributed by atoms with E-state index in [4.69, 9.17) is 5.11 Å². The van der Waals surface area contributed by atoms with Crippen molar-refractivity contribution in [3.8, 4) is 0 Å². The lowest BCUT2D eigenvalue weighted by Gasteiger charge is -2.29. The molecule has 0 saturated carbocycles. The zero-order chi connectivity index (χ0) is 13.2. The van der Waals surface area contributed by atoms with Gasteiger partial charge in [0.25, 0.3) is 0 Å². The third-order valence-corrected chi connectivity index (χ3v) is 3.95. The van der Waals surface area contributed by atoms with Gasteiger partial charge in [0.05, 0.1) is 0 Å². The highest BCUT2D eigenvalue weighted by atomic mass is 16.3. The molecule has 0 spiro atoms. The molecule has 1 saturated heterocycles. The fourth-order valence-electron chi connectivity index (χ4n) is 2.57. The van der Waals surface area contributed by atoms with Crippen LogP contribution < -0.4 is 5.32 Å². The fourth-order valence-corrected chi connectivity index (χ4v) is 2.57. The summed E-state index contributed by atoms with van der Waals surface area (Å²) in [6.45, 7) is 7.97. The lowest BCUT2D eigenvalue weighted by atomic mass is 9.85. The standard InChI is InChI=1S/C16H25NO/c1-16(2,3)14-7-5-13(6-8-14)15-9-4-12(11-18)10-17-15/h5-8,12,15,17-18H,4,9-11H2,1-3H3. The third kappa shape index (κ3) is 3.12. The van der Waals surface area contributed by atoms with Crippen LogP contribution in [0.5, 0.6) is 0 Å². The quantitative estimate of drug-likeness (QED) is 0.842. The first-order valence-electron chi connectivity index (χ1n) is 6.95. The summed E-state index contributed by atoms with van der Waals surface area (Å²) in [6.07, 6.45) is 2.25. The molecule has 2 nitrogen and oxygen atoms in total. The highest BCUT2D eigenvalue weighted by Crippen LogP contribution is 2.28. The Morgan fingerprint density at radius 1 is 1.17 bits per heavy atom. The van der Waals surface area contributed by atoms with Crippen LogP contribution in [0, 0.1) is 5.92 Å². The van der Waals surface area contributed by atoms with Gasteiger partial charge in [0.15, 0.2) is 0 Å². The topological polar surface area (TPSA) is 32.3 Å². The molecule has 1 heterocycles. The van der Waals surface area contributed by atoms with Gasteiger partial charge < -0.3 is 10.4 Å². The molecule has 2 unspecified atom stereocenters. The number of hydrogen-bond acceptors (Lipinski definition) is 2. The zero-order valence-electron chi connectivity index (χ0n) is 11.7. The van der Waals surface area contributed by atoms with Gasteiger partial charge in [0.1, 0.15) is 0 Å². The number of aliphatic hydroxyl groups is 1. The summed E-state index contributed by atoms with van der Waals surface area (Å²) in [5.41, 5.74) is 2.98. The van der Waals surface area contributed by atoms with Crippen LogP contribution in [0.3, 0.4) is 0 Å². The average molecular weight is 247 g/mol. The van der Waals surface area contributed by atoms with Gasteiger partial charge in [-0.2, -0.15) is 0 Å². The van der Waals surface area contributed by atoms with E-state index in [1.807, 2.05) is 0 Å². The molecular formula is C16H25NO. The summed E-state index contributed by atoms with van der Waals surface area (Å²) >= 11 is 0. The van der Waals surface area contributed by atoms with Crippen LogP contribution >= 0.6 is 0 Å². The van der Waals surface area contributed by atoms with Crippen LogP contribution in [0.2, 0.25) is 0 Å². The summed E-state index contributed by atoms with van der Waals surface area (Å²) in [6, 6.07) is 9.45. The molecule has 1 aromatic rings. The molecule has 0 aliphatic carbocycles. The van der Waals surface area contributed by atoms with E-state index < -0.39 is 0 Å². The van der Waals surface area contributed by atoms with E-state index in [1.54, 1.807) is 0 Å². The van der Waals surface area contributed by atoms with Gasteiger partial charge in [-0.15, -0.1) is 0 Å². The number of nitrogens with one attached hydrogen (secondary N) is 1. The zero-order valence-corrected chi connectivity index (χ0v) is 11.7. The smallest absolute Gasteiger partial charge is 0.0471 e. The first-order chi connectivity index (χ1) is 8.50. The van der Waals surface area contributed by atoms with Crippen LogP contribution in [0.1, 0.15) is 50.8 Å². The minimum Gasteiger partial charge on any atom is -0.396 e. The van der Waals surface area contributed by atoms with E-state index in [0.29, 0.717) is 18.6 Å². The van der Waals surface area contributed by atoms with Crippen molar-refractivity contribution in [1.29, 1.82) is 0 Å². The van der Waals surface area contributed by atoms with Crippen molar-refractivity contribution >= 4 is 0 Å². The molecule has 0 bridgehead atoms. The Hall–Kier alpha value is -0.860. The minimum absolute atomic E-state index is 0.223. The van der Waals surface area contributed by atoms with Gasteiger partial charge >= 0.3 is 0 Å². The van der Waals surface area contributed by atoms with Crippen molar-refractivity contribution in [2.24, 2.45) is 5.92 Å². The second-order valence-corrected chi connectivity index (χ2v) is 6.46. The van der Waals surface area contributed by atoms with E-state index in [2.05, 4.69) is 50.4 Å². The highest BCUT2D eigenvalue weighted by molar-refractivity contribution is 5.29. The lowest BCUT2D eigenvalue weighted by Crippen LogP contribution is -2.34. The van der Waals surface area contributed by atoms with Crippen LogP contribution in [0.15, 0.2) is 24.3 Å². The molecule has 100 valence electrons. The highest BCUT2D eigenvalue weighted by Gasteiger charge is 2.21. The Kier molecular flexibility index (Phi) is 4.08. The predicted octanol–water partition coefficient (Wildman–Crippen LogP) is 3.02. The SMILES string of the molecule is CC(C)(C)c1ccc(C2CCC(CO)CN2)cc1. The van der Waals surface area contributed by atoms with Crippen molar-refractivity contribution < 1.29 is 5.11 Å². The molecule has 2 rings (SSSR count). The number of hydrogen-bond donors (Lipinski definition) is 2. The Labute approximate surface area is 110 Å². The Bertz CT molecular complexity index is 369. The second-order valence-electron chi connectivity index (χ2n) is 6.46. The Morgan fingerprint density at radius 2 is 1.83 bits per heavy atom. The van der Waals surface area contributed by atoms with Gasteiger partial charge in [-0.3, -0.25) is 0 Å². The van der Waals surface area contributed by atoms with E-state index in [0.717, 1.165) is 19.4 Å². The molecule has 2 atom stereocenters. The molecule has 0 aromatic heterocycles. The summed E-state index contributed by atoms with van der Waals surface area (Å²) in [4.78, 5) is 0. The maximum atomic E-state index is 9.13. The molecule has 1 aromatic carbocycles. The van der Waals surface area contributed by atoms with E-state index in [1.165, 1.54) is 11.1 Å². The van der Waals surface area contributed by atoms with Crippen LogP contribution in [0.25, 0.3) is 0 Å². The molecule has 1 aliphatic heterocycles. The second kappa shape index (κ2) is 5.41. The van der Waals surface area contributed by atoms with Crippen LogP contribution in [-0.4, -0.2) is 18.3 Å². The van der Waals surface area contributed by atoms with Gasteiger partial charge in [0.2, 0.25) is 0 Å². The largest absolute Gasteiger partial charge is 0.396 e. The van der Waals surface area contributed by atoms with E-state index in [9.17, 15) is 0 Å². The molecule has 1 fully saturated rings. The van der Waals surface area contributed by atoms with E-state index in [-0.39, 0.29) is 5.41 Å². The van der Waals surface area contributed by atoms with Gasteiger partial charge in [-0.1, -0.05) is 45.0 Å². The molecule has 0 radical (unpaired) electrons. The van der Waals surface area contributed by atoms with Gasteiger partial charge in [-0.25, -0.2) is 0 Å². The number of rotatable bonds is 2. The van der Waals surface area contributed by atoms with Gasteiger partial charge in [0, 0.05) is 19.2 Å². The number of aliphatic hydroxyl groups excluding tert-OH is 1. The van der Waals surface area contributed by atoms with Crippen molar-refractivity contribution in [3.63, 3.8) is 0 Å². The maximum absolute atomic E-state index is 9.13. The Morgan fingerprint density at radius 3 is 2.28 bits per heavy atom. The molecular weight excluding hydrogens is 222 g/mol.